The molecule has 1 fully saturated rings. The molecule has 168 valence electrons. The number of aromatic nitrogens is 2. The molecule has 1 atom stereocenters. The van der Waals surface area contributed by atoms with E-state index in [1.165, 1.54) is 25.9 Å². The molecule has 2 heterocycles. The third kappa shape index (κ3) is 6.05. The zero-order chi connectivity index (χ0) is 22.3. The van der Waals surface area contributed by atoms with Crippen molar-refractivity contribution in [2.24, 2.45) is 0 Å². The summed E-state index contributed by atoms with van der Waals surface area (Å²) in [5.41, 5.74) is 2.64. The van der Waals surface area contributed by atoms with E-state index in [9.17, 15) is 4.21 Å². The Morgan fingerprint density at radius 1 is 1.06 bits per heavy atom. The van der Waals surface area contributed by atoms with Gasteiger partial charge in [0.05, 0.1) is 0 Å². The van der Waals surface area contributed by atoms with E-state index in [1.54, 1.807) is 12.5 Å². The van der Waals surface area contributed by atoms with Crippen molar-refractivity contribution in [3.05, 3.63) is 60.3 Å². The number of nitrogens with one attached hydrogen (secondary N) is 2. The number of hydrogen-bond donors (Lipinski definition) is 2. The fraction of sp³-hybridized carbons (Fsp3) is 0.333. The minimum Gasteiger partial charge on any atom is -0.492 e. The summed E-state index contributed by atoms with van der Waals surface area (Å²) in [6.07, 6.45) is 6.03. The van der Waals surface area contributed by atoms with Crippen molar-refractivity contribution in [3.8, 4) is 5.75 Å². The quantitative estimate of drug-likeness (QED) is 0.496. The van der Waals surface area contributed by atoms with E-state index in [2.05, 4.69) is 25.5 Å². The first-order chi connectivity index (χ1) is 15.6. The molecule has 0 spiro atoms. The molecule has 2 N–H and O–H groups in total. The van der Waals surface area contributed by atoms with Crippen LogP contribution in [0.25, 0.3) is 0 Å². The van der Waals surface area contributed by atoms with Crippen molar-refractivity contribution in [2.45, 2.75) is 24.7 Å². The molecule has 7 nitrogen and oxygen atoms in total. The van der Waals surface area contributed by atoms with Crippen LogP contribution in [0.3, 0.4) is 0 Å². The van der Waals surface area contributed by atoms with Gasteiger partial charge in [-0.3, -0.25) is 9.11 Å². The molecule has 0 bridgehead atoms. The summed E-state index contributed by atoms with van der Waals surface area (Å²) in [5, 5.41) is 6.54. The number of aryl methyl sites for hydroxylation is 1. The maximum absolute atomic E-state index is 11.8. The van der Waals surface area contributed by atoms with Gasteiger partial charge in [-0.1, -0.05) is 6.07 Å². The van der Waals surface area contributed by atoms with Gasteiger partial charge in [-0.2, -0.15) is 4.98 Å². The average Bonchev–Trinajstić information content (AvgIpc) is 3.31. The number of rotatable bonds is 9. The van der Waals surface area contributed by atoms with Crippen LogP contribution in [0.1, 0.15) is 18.4 Å². The van der Waals surface area contributed by atoms with Crippen LogP contribution in [0.2, 0.25) is 0 Å². The first-order valence-corrected chi connectivity index (χ1v) is 12.4. The summed E-state index contributed by atoms with van der Waals surface area (Å²) < 4.78 is 17.6. The monoisotopic (exact) mass is 451 g/mol. The molecule has 4 rings (SSSR count). The molecule has 1 unspecified atom stereocenters. The molecular weight excluding hydrogens is 422 g/mol. The Hall–Kier alpha value is -2.97. The number of hydrogen-bond acceptors (Lipinski definition) is 7. The van der Waals surface area contributed by atoms with Crippen LogP contribution >= 0.6 is 0 Å². The van der Waals surface area contributed by atoms with E-state index in [1.807, 2.05) is 55.5 Å². The van der Waals surface area contributed by atoms with Gasteiger partial charge >= 0.3 is 0 Å². The van der Waals surface area contributed by atoms with Crippen LogP contribution in [0.5, 0.6) is 5.75 Å². The fourth-order valence-corrected chi connectivity index (χ4v) is 4.14. The lowest BCUT2D eigenvalue weighted by molar-refractivity contribution is 0.238. The predicted molar refractivity (Wildman–Crippen MR) is 130 cm³/mol. The van der Waals surface area contributed by atoms with Gasteiger partial charge in [0.25, 0.3) is 0 Å². The number of likely N-dealkylation sites (tertiary alicyclic amines) is 1. The summed E-state index contributed by atoms with van der Waals surface area (Å²) >= 11 is 0. The van der Waals surface area contributed by atoms with Crippen LogP contribution in [0.15, 0.2) is 59.6 Å². The molecule has 0 amide bonds. The van der Waals surface area contributed by atoms with Gasteiger partial charge in [-0.05, 0) is 75.3 Å². The second kappa shape index (κ2) is 10.6. The highest BCUT2D eigenvalue weighted by Gasteiger charge is 2.11. The van der Waals surface area contributed by atoms with Gasteiger partial charge in [0.15, 0.2) is 0 Å². The molecule has 0 radical (unpaired) electrons. The Kier molecular flexibility index (Phi) is 7.34. The van der Waals surface area contributed by atoms with Gasteiger partial charge < -0.3 is 15.4 Å². The number of benzene rings is 2. The minimum absolute atomic E-state index is 0.496. The van der Waals surface area contributed by atoms with Crippen molar-refractivity contribution in [2.75, 3.05) is 43.1 Å². The molecular formula is C24H29N5O2S. The highest BCUT2D eigenvalue weighted by Crippen LogP contribution is 2.23. The topological polar surface area (TPSA) is 79.4 Å². The van der Waals surface area contributed by atoms with Gasteiger partial charge in [-0.25, -0.2) is 4.98 Å². The molecule has 0 aliphatic carbocycles. The standard InChI is InChI=1S/C24H29N5O2S/c1-18-17-25-24(28-23(18)26-20-6-5-7-22(16-20)32(2)30)27-19-8-10-21(11-9-19)31-15-14-29-12-3-4-13-29/h5-11,16-17H,3-4,12-15H2,1-2H3,(H2,25,26,27,28). The van der Waals surface area contributed by atoms with Crippen LogP contribution in [0.4, 0.5) is 23.1 Å². The lowest BCUT2D eigenvalue weighted by Gasteiger charge is -2.15. The zero-order valence-corrected chi connectivity index (χ0v) is 19.3. The van der Waals surface area contributed by atoms with Crippen molar-refractivity contribution in [1.29, 1.82) is 0 Å². The molecule has 1 aromatic heterocycles. The molecule has 1 aliphatic rings. The Bertz CT molecular complexity index is 1070. The summed E-state index contributed by atoms with van der Waals surface area (Å²) in [5.74, 6) is 2.05. The third-order valence-electron chi connectivity index (χ3n) is 5.39. The van der Waals surface area contributed by atoms with E-state index in [-0.39, 0.29) is 0 Å². The third-order valence-corrected chi connectivity index (χ3v) is 6.30. The molecule has 1 aliphatic heterocycles. The van der Waals surface area contributed by atoms with Crippen LogP contribution < -0.4 is 15.4 Å². The Balaban J connectivity index is 1.37. The minimum atomic E-state index is -1.04. The highest BCUT2D eigenvalue weighted by atomic mass is 32.2. The van der Waals surface area contributed by atoms with Crippen molar-refractivity contribution >= 4 is 33.9 Å². The number of anilines is 4. The lowest BCUT2D eigenvalue weighted by Crippen LogP contribution is -2.25. The molecule has 3 aromatic rings. The van der Waals surface area contributed by atoms with Gasteiger partial charge in [0.2, 0.25) is 5.95 Å². The average molecular weight is 452 g/mol. The van der Waals surface area contributed by atoms with Crippen LogP contribution in [-0.2, 0) is 10.8 Å². The highest BCUT2D eigenvalue weighted by molar-refractivity contribution is 7.84. The summed E-state index contributed by atoms with van der Waals surface area (Å²) in [6, 6.07) is 15.3. The van der Waals surface area contributed by atoms with Crippen molar-refractivity contribution in [1.82, 2.24) is 14.9 Å². The molecule has 1 saturated heterocycles. The number of nitrogens with zero attached hydrogens (tertiary/aromatic N) is 3. The van der Waals surface area contributed by atoms with Crippen LogP contribution in [0, 0.1) is 6.92 Å². The van der Waals surface area contributed by atoms with Gasteiger partial charge in [0, 0.05) is 51.6 Å². The van der Waals surface area contributed by atoms with E-state index < -0.39 is 10.8 Å². The summed E-state index contributed by atoms with van der Waals surface area (Å²) in [7, 11) is -1.04. The Morgan fingerprint density at radius 3 is 2.59 bits per heavy atom. The normalized spacial score (nSPS) is 14.8. The summed E-state index contributed by atoms with van der Waals surface area (Å²) in [4.78, 5) is 12.2. The number of ether oxygens (including phenoxy) is 1. The predicted octanol–water partition coefficient (Wildman–Crippen LogP) is 4.48. The second-order valence-electron chi connectivity index (χ2n) is 7.88. The van der Waals surface area contributed by atoms with Crippen LogP contribution in [-0.4, -0.2) is 51.6 Å². The summed E-state index contributed by atoms with van der Waals surface area (Å²) in [6.45, 7) is 5.99. The first-order valence-electron chi connectivity index (χ1n) is 10.8. The molecule has 8 heteroatoms. The first kappa shape index (κ1) is 22.2. The smallest absolute Gasteiger partial charge is 0.229 e. The van der Waals surface area contributed by atoms with E-state index >= 15 is 0 Å². The molecule has 32 heavy (non-hydrogen) atoms. The van der Waals surface area contributed by atoms with E-state index in [4.69, 9.17) is 4.74 Å². The maximum atomic E-state index is 11.8. The fourth-order valence-electron chi connectivity index (χ4n) is 3.58. The maximum Gasteiger partial charge on any atom is 0.229 e. The lowest BCUT2D eigenvalue weighted by atomic mass is 10.3. The van der Waals surface area contributed by atoms with Gasteiger partial charge in [0.1, 0.15) is 18.2 Å². The van der Waals surface area contributed by atoms with Gasteiger partial charge in [-0.15, -0.1) is 0 Å². The van der Waals surface area contributed by atoms with E-state index in [0.29, 0.717) is 18.4 Å². The van der Waals surface area contributed by atoms with E-state index in [0.717, 1.165) is 34.1 Å². The Labute approximate surface area is 191 Å². The second-order valence-corrected chi connectivity index (χ2v) is 9.26. The largest absolute Gasteiger partial charge is 0.492 e. The zero-order valence-electron chi connectivity index (χ0n) is 18.5. The SMILES string of the molecule is Cc1cnc(Nc2ccc(OCCN3CCCC3)cc2)nc1Nc1cccc(S(C)=O)c1. The van der Waals surface area contributed by atoms with Crippen molar-refractivity contribution in [3.63, 3.8) is 0 Å². The van der Waals surface area contributed by atoms with Crippen molar-refractivity contribution < 1.29 is 8.95 Å². The molecule has 0 saturated carbocycles. The molecule has 2 aromatic carbocycles. The Morgan fingerprint density at radius 2 is 1.84 bits per heavy atom.